The summed E-state index contributed by atoms with van der Waals surface area (Å²) in [4.78, 5) is 25.9. The monoisotopic (exact) mass is 363 g/mol. The van der Waals surface area contributed by atoms with E-state index in [2.05, 4.69) is 0 Å². The Morgan fingerprint density at radius 1 is 1.12 bits per heavy atom. The lowest BCUT2D eigenvalue weighted by Gasteiger charge is -2.14. The Kier molecular flexibility index (Phi) is 4.82. The third-order valence-corrected chi connectivity index (χ3v) is 4.37. The summed E-state index contributed by atoms with van der Waals surface area (Å²) in [5.41, 5.74) is 1.26. The molecule has 26 heavy (non-hydrogen) atoms. The minimum absolute atomic E-state index is 0.0334. The fraction of sp³-hybridized carbons (Fsp3) is 0.263. The molecule has 7 heteroatoms. The van der Waals surface area contributed by atoms with E-state index in [1.807, 2.05) is 19.1 Å². The third kappa shape index (κ3) is 3.77. The maximum absolute atomic E-state index is 12.8. The molecule has 0 aromatic heterocycles. The van der Waals surface area contributed by atoms with Gasteiger partial charge in [-0.2, -0.15) is 13.2 Å². The van der Waals surface area contributed by atoms with Gasteiger partial charge in [-0.25, -0.2) is 4.90 Å². The highest BCUT2D eigenvalue weighted by Crippen LogP contribution is 2.29. The van der Waals surface area contributed by atoms with Crippen LogP contribution < -0.4 is 10.2 Å². The molecular formula is C19H18F3N2O2+. The van der Waals surface area contributed by atoms with Crippen LogP contribution in [0.2, 0.25) is 0 Å². The number of halogens is 3. The van der Waals surface area contributed by atoms with Gasteiger partial charge in [-0.3, -0.25) is 9.59 Å². The molecule has 2 aromatic rings. The van der Waals surface area contributed by atoms with Gasteiger partial charge in [0.2, 0.25) is 5.91 Å². The van der Waals surface area contributed by atoms with Crippen LogP contribution in [0.3, 0.4) is 0 Å². The van der Waals surface area contributed by atoms with Gasteiger partial charge in [0.1, 0.15) is 6.54 Å². The topological polar surface area (TPSA) is 54.0 Å². The number of quaternary nitrogens is 1. The highest BCUT2D eigenvalue weighted by molar-refractivity contribution is 6.21. The molecule has 4 nitrogen and oxygen atoms in total. The highest BCUT2D eigenvalue weighted by Gasteiger charge is 2.42. The molecule has 0 aliphatic carbocycles. The molecule has 1 aliphatic heterocycles. The van der Waals surface area contributed by atoms with Gasteiger partial charge in [-0.1, -0.05) is 29.8 Å². The van der Waals surface area contributed by atoms with Crippen LogP contribution in [0.4, 0.5) is 18.9 Å². The van der Waals surface area contributed by atoms with E-state index in [0.29, 0.717) is 11.3 Å². The molecule has 0 bridgehead atoms. The minimum atomic E-state index is -4.41. The number of nitrogens with zero attached hydrogens (tertiary/aromatic N) is 1. The first-order valence-electron chi connectivity index (χ1n) is 8.18. The van der Waals surface area contributed by atoms with E-state index in [1.54, 1.807) is 23.5 Å². The first-order valence-corrected chi connectivity index (χ1v) is 8.18. The van der Waals surface area contributed by atoms with Crippen LogP contribution in [0.15, 0.2) is 48.5 Å². The van der Waals surface area contributed by atoms with Crippen LogP contribution in [0.5, 0.6) is 0 Å². The first kappa shape index (κ1) is 18.1. The molecule has 1 fully saturated rings. The lowest BCUT2D eigenvalue weighted by molar-refractivity contribution is -0.690. The molecule has 1 heterocycles. The zero-order valence-corrected chi connectivity index (χ0v) is 14.1. The van der Waals surface area contributed by atoms with Gasteiger partial charge in [-0.05, 0) is 31.2 Å². The molecule has 0 spiro atoms. The van der Waals surface area contributed by atoms with E-state index < -0.39 is 17.8 Å². The van der Waals surface area contributed by atoms with E-state index in [4.69, 9.17) is 0 Å². The molecule has 2 amide bonds. The fourth-order valence-electron chi connectivity index (χ4n) is 2.96. The molecule has 136 valence electrons. The third-order valence-electron chi connectivity index (χ3n) is 4.37. The van der Waals surface area contributed by atoms with Crippen molar-refractivity contribution in [2.24, 2.45) is 0 Å². The SMILES string of the molecule is Cc1ccc(N2C(=O)CC([NH2+]Cc3cccc(C(F)(F)F)c3)C2=O)cc1. The average molecular weight is 363 g/mol. The molecule has 1 unspecified atom stereocenters. The maximum atomic E-state index is 12.8. The Bertz CT molecular complexity index is 831. The van der Waals surface area contributed by atoms with E-state index >= 15 is 0 Å². The maximum Gasteiger partial charge on any atom is 0.416 e. The number of anilines is 1. The summed E-state index contributed by atoms with van der Waals surface area (Å²) in [5.74, 6) is -0.644. The average Bonchev–Trinajstić information content (AvgIpc) is 2.87. The predicted octanol–water partition coefficient (Wildman–Crippen LogP) is 2.41. The molecule has 2 N–H and O–H groups in total. The van der Waals surface area contributed by atoms with Gasteiger partial charge >= 0.3 is 6.18 Å². The molecule has 0 saturated carbocycles. The van der Waals surface area contributed by atoms with E-state index in [9.17, 15) is 22.8 Å². The van der Waals surface area contributed by atoms with Gasteiger partial charge in [0.05, 0.1) is 17.7 Å². The minimum Gasteiger partial charge on any atom is -0.332 e. The van der Waals surface area contributed by atoms with Crippen molar-refractivity contribution >= 4 is 17.5 Å². The van der Waals surface area contributed by atoms with Gasteiger partial charge in [0, 0.05) is 5.56 Å². The zero-order chi connectivity index (χ0) is 18.9. The van der Waals surface area contributed by atoms with E-state index in [0.717, 1.165) is 22.6 Å². The van der Waals surface area contributed by atoms with Crippen molar-refractivity contribution in [2.75, 3.05) is 4.90 Å². The van der Waals surface area contributed by atoms with Crippen molar-refractivity contribution in [1.29, 1.82) is 0 Å². The summed E-state index contributed by atoms with van der Waals surface area (Å²) in [6.07, 6.45) is -4.37. The molecule has 1 aliphatic rings. The number of carbonyl (C=O) groups is 2. The summed E-state index contributed by atoms with van der Waals surface area (Å²) >= 11 is 0. The van der Waals surface area contributed by atoms with Crippen LogP contribution in [-0.4, -0.2) is 17.9 Å². The lowest BCUT2D eigenvalue weighted by atomic mass is 10.1. The Morgan fingerprint density at radius 3 is 2.46 bits per heavy atom. The smallest absolute Gasteiger partial charge is 0.332 e. The second-order valence-corrected chi connectivity index (χ2v) is 6.35. The molecular weight excluding hydrogens is 345 g/mol. The number of rotatable bonds is 4. The largest absolute Gasteiger partial charge is 0.416 e. The summed E-state index contributed by atoms with van der Waals surface area (Å²) in [6, 6.07) is 11.4. The molecule has 1 atom stereocenters. The van der Waals surface area contributed by atoms with Gasteiger partial charge < -0.3 is 5.32 Å². The van der Waals surface area contributed by atoms with Gasteiger partial charge in [0.25, 0.3) is 5.91 Å². The summed E-state index contributed by atoms with van der Waals surface area (Å²) in [7, 11) is 0. The Balaban J connectivity index is 1.69. The number of benzene rings is 2. The Hall–Kier alpha value is -2.67. The molecule has 3 rings (SSSR count). The summed E-state index contributed by atoms with van der Waals surface area (Å²) in [5, 5.41) is 1.61. The number of aryl methyl sites for hydroxylation is 1. The number of hydrogen-bond donors (Lipinski definition) is 1. The summed E-state index contributed by atoms with van der Waals surface area (Å²) in [6.45, 7) is 2.10. The van der Waals surface area contributed by atoms with Crippen molar-refractivity contribution in [3.8, 4) is 0 Å². The van der Waals surface area contributed by atoms with Crippen molar-refractivity contribution in [1.82, 2.24) is 0 Å². The van der Waals surface area contributed by atoms with Crippen molar-refractivity contribution < 1.29 is 28.1 Å². The lowest BCUT2D eigenvalue weighted by Crippen LogP contribution is -2.90. The van der Waals surface area contributed by atoms with Crippen molar-refractivity contribution in [2.45, 2.75) is 32.1 Å². The van der Waals surface area contributed by atoms with Crippen LogP contribution in [-0.2, 0) is 22.3 Å². The van der Waals surface area contributed by atoms with Crippen LogP contribution in [0.1, 0.15) is 23.1 Å². The predicted molar refractivity (Wildman–Crippen MR) is 89.2 cm³/mol. The fourth-order valence-corrected chi connectivity index (χ4v) is 2.96. The number of amides is 2. The summed E-state index contributed by atoms with van der Waals surface area (Å²) < 4.78 is 38.3. The zero-order valence-electron chi connectivity index (χ0n) is 14.1. The van der Waals surface area contributed by atoms with Gasteiger partial charge in [-0.15, -0.1) is 0 Å². The number of hydrogen-bond acceptors (Lipinski definition) is 2. The van der Waals surface area contributed by atoms with E-state index in [-0.39, 0.29) is 24.8 Å². The highest BCUT2D eigenvalue weighted by atomic mass is 19.4. The number of imide groups is 1. The van der Waals surface area contributed by atoms with Crippen LogP contribution in [0.25, 0.3) is 0 Å². The second-order valence-electron chi connectivity index (χ2n) is 6.35. The van der Waals surface area contributed by atoms with Crippen molar-refractivity contribution in [3.63, 3.8) is 0 Å². The van der Waals surface area contributed by atoms with Crippen LogP contribution in [0, 0.1) is 6.92 Å². The molecule has 1 saturated heterocycles. The number of alkyl halides is 3. The van der Waals surface area contributed by atoms with E-state index in [1.165, 1.54) is 6.07 Å². The number of nitrogens with two attached hydrogens (primary N) is 1. The van der Waals surface area contributed by atoms with Crippen LogP contribution >= 0.6 is 0 Å². The van der Waals surface area contributed by atoms with Gasteiger partial charge in [0.15, 0.2) is 6.04 Å². The quantitative estimate of drug-likeness (QED) is 0.849. The number of carbonyl (C=O) groups excluding carboxylic acids is 2. The Morgan fingerprint density at radius 2 is 1.81 bits per heavy atom. The Labute approximate surface area is 148 Å². The standard InChI is InChI=1S/C19H17F3N2O2/c1-12-5-7-15(8-6-12)24-17(25)10-16(18(24)26)23-11-13-3-2-4-14(9-13)19(20,21)22/h2-9,16,23H,10-11H2,1H3/p+1. The second kappa shape index (κ2) is 6.92. The normalized spacial score (nSPS) is 17.8. The van der Waals surface area contributed by atoms with Crippen molar-refractivity contribution in [3.05, 3.63) is 65.2 Å². The molecule has 0 radical (unpaired) electrons. The first-order chi connectivity index (χ1) is 12.3. The molecule has 2 aromatic carbocycles.